The summed E-state index contributed by atoms with van der Waals surface area (Å²) >= 11 is 4.80. The van der Waals surface area contributed by atoms with E-state index in [0.29, 0.717) is 10.2 Å². The molecular formula is C7H7NO2S. The summed E-state index contributed by atoms with van der Waals surface area (Å²) in [5, 5.41) is 8.60. The zero-order valence-corrected chi connectivity index (χ0v) is 6.73. The van der Waals surface area contributed by atoms with E-state index in [4.69, 9.17) is 17.3 Å². The zero-order valence-electron chi connectivity index (χ0n) is 5.92. The van der Waals surface area contributed by atoms with Gasteiger partial charge in [-0.1, -0.05) is 12.2 Å². The molecular weight excluding hydrogens is 162 g/mol. The van der Waals surface area contributed by atoms with Crippen LogP contribution in [0.15, 0.2) is 12.3 Å². The topological polar surface area (TPSA) is 53.1 Å². The number of pyridine rings is 1. The average molecular weight is 169 g/mol. The van der Waals surface area contributed by atoms with Crippen molar-refractivity contribution in [2.75, 3.05) is 0 Å². The molecule has 4 heteroatoms. The van der Waals surface area contributed by atoms with Crippen LogP contribution < -0.4 is 0 Å². The molecule has 1 rings (SSSR count). The van der Waals surface area contributed by atoms with Crippen molar-refractivity contribution in [1.82, 2.24) is 4.98 Å². The summed E-state index contributed by atoms with van der Waals surface area (Å²) in [6.07, 6.45) is 1.40. The minimum absolute atomic E-state index is 0.263. The zero-order chi connectivity index (χ0) is 8.43. The van der Waals surface area contributed by atoms with Gasteiger partial charge in [0.05, 0.1) is 5.56 Å². The lowest BCUT2D eigenvalue weighted by molar-refractivity contribution is 0.0695. The molecule has 3 nitrogen and oxygen atoms in total. The highest BCUT2D eigenvalue weighted by Crippen LogP contribution is 2.04. The second-order valence-electron chi connectivity index (χ2n) is 2.20. The van der Waals surface area contributed by atoms with Gasteiger partial charge in [0.25, 0.3) is 0 Å². The molecule has 0 atom stereocenters. The molecule has 0 radical (unpaired) electrons. The summed E-state index contributed by atoms with van der Waals surface area (Å²) in [4.78, 5) is 13.1. The first kappa shape index (κ1) is 7.94. The monoisotopic (exact) mass is 169 g/mol. The van der Waals surface area contributed by atoms with Gasteiger partial charge >= 0.3 is 5.97 Å². The first-order chi connectivity index (χ1) is 5.11. The molecule has 58 valence electrons. The van der Waals surface area contributed by atoms with Crippen LogP contribution in [0.2, 0.25) is 0 Å². The van der Waals surface area contributed by atoms with Crippen molar-refractivity contribution in [2.45, 2.75) is 6.92 Å². The lowest BCUT2D eigenvalue weighted by Crippen LogP contribution is -1.99. The number of H-pyrrole nitrogens is 1. The van der Waals surface area contributed by atoms with Gasteiger partial charge in [-0.3, -0.25) is 0 Å². The Hall–Kier alpha value is -1.16. The maximum absolute atomic E-state index is 10.5. The first-order valence-electron chi connectivity index (χ1n) is 3.04. The second-order valence-corrected chi connectivity index (χ2v) is 2.64. The SMILES string of the molecule is Cc1cc(=S)[nH]cc1C(=O)O. The number of aromatic carboxylic acids is 1. The maximum Gasteiger partial charge on any atom is 0.337 e. The van der Waals surface area contributed by atoms with Gasteiger partial charge in [-0.15, -0.1) is 0 Å². The van der Waals surface area contributed by atoms with E-state index in [2.05, 4.69) is 4.98 Å². The third kappa shape index (κ3) is 1.65. The van der Waals surface area contributed by atoms with E-state index in [-0.39, 0.29) is 5.56 Å². The Morgan fingerprint density at radius 2 is 2.36 bits per heavy atom. The van der Waals surface area contributed by atoms with Crippen molar-refractivity contribution in [2.24, 2.45) is 0 Å². The van der Waals surface area contributed by atoms with E-state index in [1.807, 2.05) is 0 Å². The Morgan fingerprint density at radius 1 is 1.73 bits per heavy atom. The van der Waals surface area contributed by atoms with Crippen LogP contribution in [0, 0.1) is 11.6 Å². The van der Waals surface area contributed by atoms with E-state index in [1.165, 1.54) is 6.20 Å². The molecule has 0 spiro atoms. The Balaban J connectivity index is 3.31. The van der Waals surface area contributed by atoms with Crippen LogP contribution in [0.4, 0.5) is 0 Å². The van der Waals surface area contributed by atoms with Gasteiger partial charge in [-0.25, -0.2) is 4.79 Å². The Kier molecular flexibility index (Phi) is 2.05. The summed E-state index contributed by atoms with van der Waals surface area (Å²) in [5.74, 6) is -0.936. The molecule has 1 aromatic heterocycles. The Labute approximate surface area is 68.7 Å². The van der Waals surface area contributed by atoms with E-state index >= 15 is 0 Å². The van der Waals surface area contributed by atoms with Gasteiger partial charge in [-0.2, -0.15) is 0 Å². The smallest absolute Gasteiger partial charge is 0.337 e. The van der Waals surface area contributed by atoms with E-state index in [1.54, 1.807) is 13.0 Å². The lowest BCUT2D eigenvalue weighted by atomic mass is 10.2. The molecule has 0 saturated heterocycles. The molecule has 1 aromatic rings. The number of rotatable bonds is 1. The highest BCUT2D eigenvalue weighted by Gasteiger charge is 2.04. The minimum Gasteiger partial charge on any atom is -0.478 e. The molecule has 0 amide bonds. The van der Waals surface area contributed by atoms with Crippen molar-refractivity contribution in [3.05, 3.63) is 28.0 Å². The fraction of sp³-hybridized carbons (Fsp3) is 0.143. The van der Waals surface area contributed by atoms with Gasteiger partial charge in [0, 0.05) is 6.20 Å². The largest absolute Gasteiger partial charge is 0.478 e. The third-order valence-electron chi connectivity index (χ3n) is 1.36. The van der Waals surface area contributed by atoms with Crippen LogP contribution in [0.1, 0.15) is 15.9 Å². The Morgan fingerprint density at radius 3 is 2.82 bits per heavy atom. The molecule has 0 aromatic carbocycles. The summed E-state index contributed by atoms with van der Waals surface area (Å²) in [6, 6.07) is 1.62. The normalized spacial score (nSPS) is 9.55. The van der Waals surface area contributed by atoms with Crippen molar-refractivity contribution in [1.29, 1.82) is 0 Å². The highest BCUT2D eigenvalue weighted by molar-refractivity contribution is 7.71. The van der Waals surface area contributed by atoms with Crippen LogP contribution in [0.3, 0.4) is 0 Å². The molecule has 0 aliphatic rings. The van der Waals surface area contributed by atoms with E-state index in [9.17, 15) is 4.79 Å². The first-order valence-corrected chi connectivity index (χ1v) is 3.44. The molecule has 0 saturated carbocycles. The van der Waals surface area contributed by atoms with Crippen molar-refractivity contribution < 1.29 is 9.90 Å². The molecule has 11 heavy (non-hydrogen) atoms. The molecule has 0 bridgehead atoms. The number of nitrogens with one attached hydrogen (secondary N) is 1. The number of hydrogen-bond acceptors (Lipinski definition) is 2. The van der Waals surface area contributed by atoms with Gasteiger partial charge in [0.15, 0.2) is 0 Å². The van der Waals surface area contributed by atoms with Crippen LogP contribution in [0.25, 0.3) is 0 Å². The van der Waals surface area contributed by atoms with Crippen molar-refractivity contribution in [3.63, 3.8) is 0 Å². The average Bonchev–Trinajstić information content (AvgIpc) is 1.85. The predicted molar refractivity (Wildman–Crippen MR) is 43.3 cm³/mol. The number of aromatic nitrogens is 1. The van der Waals surface area contributed by atoms with Crippen LogP contribution in [0.5, 0.6) is 0 Å². The summed E-state index contributed by atoms with van der Waals surface area (Å²) < 4.78 is 0.549. The summed E-state index contributed by atoms with van der Waals surface area (Å²) in [6.45, 7) is 1.72. The minimum atomic E-state index is -0.936. The molecule has 0 unspecified atom stereocenters. The van der Waals surface area contributed by atoms with Gasteiger partial charge < -0.3 is 10.1 Å². The van der Waals surface area contributed by atoms with Crippen molar-refractivity contribution in [3.8, 4) is 0 Å². The maximum atomic E-state index is 10.5. The van der Waals surface area contributed by atoms with E-state index < -0.39 is 5.97 Å². The van der Waals surface area contributed by atoms with Crippen LogP contribution in [-0.2, 0) is 0 Å². The molecule has 2 N–H and O–H groups in total. The molecule has 0 aliphatic carbocycles. The lowest BCUT2D eigenvalue weighted by Gasteiger charge is -1.97. The fourth-order valence-corrected chi connectivity index (χ4v) is 1.04. The fourth-order valence-electron chi connectivity index (χ4n) is 0.804. The number of carboxylic acids is 1. The quantitative estimate of drug-likeness (QED) is 0.630. The van der Waals surface area contributed by atoms with Gasteiger partial charge in [-0.05, 0) is 18.6 Å². The number of aromatic amines is 1. The predicted octanol–water partition coefficient (Wildman–Crippen LogP) is 1.75. The number of hydrogen-bond donors (Lipinski definition) is 2. The highest BCUT2D eigenvalue weighted by atomic mass is 32.1. The standard InChI is InChI=1S/C7H7NO2S/c1-4-2-6(11)8-3-5(4)7(9)10/h2-3H,1H3,(H,8,11)(H,9,10). The van der Waals surface area contributed by atoms with Crippen LogP contribution in [-0.4, -0.2) is 16.1 Å². The van der Waals surface area contributed by atoms with Gasteiger partial charge in [0.1, 0.15) is 4.64 Å². The van der Waals surface area contributed by atoms with Gasteiger partial charge in [0.2, 0.25) is 0 Å². The van der Waals surface area contributed by atoms with Crippen LogP contribution >= 0.6 is 12.2 Å². The molecule has 0 fully saturated rings. The third-order valence-corrected chi connectivity index (χ3v) is 1.60. The number of carbonyl (C=O) groups is 1. The van der Waals surface area contributed by atoms with E-state index in [0.717, 1.165) is 0 Å². The number of aryl methyl sites for hydroxylation is 1. The second kappa shape index (κ2) is 2.84. The van der Waals surface area contributed by atoms with Crippen molar-refractivity contribution >= 4 is 18.2 Å². The molecule has 1 heterocycles. The molecule has 0 aliphatic heterocycles. The Bertz CT molecular complexity index is 343. The number of carboxylic acid groups (broad SMARTS) is 1. The summed E-state index contributed by atoms with van der Waals surface area (Å²) in [5.41, 5.74) is 0.944. The summed E-state index contributed by atoms with van der Waals surface area (Å²) in [7, 11) is 0.